The molecule has 1 atom stereocenters. The fourth-order valence-electron chi connectivity index (χ4n) is 2.81. The highest BCUT2D eigenvalue weighted by atomic mass is 32.1. The van der Waals surface area contributed by atoms with Crippen molar-refractivity contribution in [3.8, 4) is 16.5 Å². The van der Waals surface area contributed by atoms with Gasteiger partial charge in [-0.25, -0.2) is 14.5 Å². The number of aromatic nitrogens is 5. The maximum absolute atomic E-state index is 12.3. The Labute approximate surface area is 169 Å². The first-order chi connectivity index (χ1) is 14.1. The van der Waals surface area contributed by atoms with Gasteiger partial charge in [-0.1, -0.05) is 18.2 Å². The van der Waals surface area contributed by atoms with Crippen LogP contribution in [0.1, 0.15) is 24.9 Å². The Morgan fingerprint density at radius 3 is 2.79 bits per heavy atom. The third-order valence-electron chi connectivity index (χ3n) is 4.34. The Bertz CT molecular complexity index is 1130. The zero-order chi connectivity index (χ0) is 20.2. The van der Waals surface area contributed by atoms with Crippen LogP contribution in [0, 0.1) is 0 Å². The molecule has 3 heterocycles. The molecule has 1 amide bonds. The molecule has 0 bridgehead atoms. The summed E-state index contributed by atoms with van der Waals surface area (Å²) >= 11 is 1.43. The number of carbonyl (C=O) groups excluding carboxylic acids is 1. The van der Waals surface area contributed by atoms with E-state index in [9.17, 15) is 9.59 Å². The Hall–Kier alpha value is -3.53. The topological polar surface area (TPSA) is 108 Å². The molecule has 1 aromatic carbocycles. The average molecular weight is 410 g/mol. The Morgan fingerprint density at radius 1 is 1.28 bits per heavy atom. The van der Waals surface area contributed by atoms with Crippen LogP contribution in [0.4, 0.5) is 0 Å². The molecule has 0 radical (unpaired) electrons. The molecule has 0 aliphatic carbocycles. The van der Waals surface area contributed by atoms with Gasteiger partial charge in [0.05, 0.1) is 23.2 Å². The smallest absolute Gasteiger partial charge is 0.387 e. The summed E-state index contributed by atoms with van der Waals surface area (Å²) in [6, 6.07) is 11.2. The van der Waals surface area contributed by atoms with E-state index in [1.807, 2.05) is 48.7 Å². The van der Waals surface area contributed by atoms with Crippen LogP contribution in [0.5, 0.6) is 0 Å². The Kier molecular flexibility index (Phi) is 5.34. The highest BCUT2D eigenvalue weighted by Crippen LogP contribution is 2.21. The van der Waals surface area contributed by atoms with Crippen molar-refractivity contribution >= 4 is 17.2 Å². The average Bonchev–Trinajstić information content (AvgIpc) is 3.48. The maximum Gasteiger partial charge on any atom is 0.437 e. The van der Waals surface area contributed by atoms with Crippen LogP contribution in [0.25, 0.3) is 16.5 Å². The zero-order valence-electron chi connectivity index (χ0n) is 15.6. The van der Waals surface area contributed by atoms with E-state index in [0.29, 0.717) is 0 Å². The van der Waals surface area contributed by atoms with Crippen molar-refractivity contribution in [1.29, 1.82) is 0 Å². The Morgan fingerprint density at radius 2 is 2.10 bits per heavy atom. The van der Waals surface area contributed by atoms with Crippen molar-refractivity contribution in [1.82, 2.24) is 29.9 Å². The van der Waals surface area contributed by atoms with Gasteiger partial charge < -0.3 is 9.73 Å². The summed E-state index contributed by atoms with van der Waals surface area (Å²) in [6.45, 7) is 2.05. The number of aryl methyl sites for hydroxylation is 1. The van der Waals surface area contributed by atoms with Crippen LogP contribution in [0.3, 0.4) is 0 Å². The summed E-state index contributed by atoms with van der Waals surface area (Å²) in [6.07, 6.45) is 3.22. The number of hydrogen-bond acceptors (Lipinski definition) is 7. The fraction of sp³-hybridized carbons (Fsp3) is 0.211. The lowest BCUT2D eigenvalue weighted by Crippen LogP contribution is -2.29. The van der Waals surface area contributed by atoms with Gasteiger partial charge in [-0.05, 0) is 36.1 Å². The third-order valence-corrected chi connectivity index (χ3v) is 5.20. The number of nitrogens with zero attached hydrogens (tertiary/aromatic N) is 5. The highest BCUT2D eigenvalue weighted by Gasteiger charge is 2.14. The van der Waals surface area contributed by atoms with Crippen molar-refractivity contribution < 1.29 is 9.21 Å². The van der Waals surface area contributed by atoms with E-state index in [1.165, 1.54) is 22.3 Å². The second kappa shape index (κ2) is 8.23. The molecule has 0 fully saturated rings. The van der Waals surface area contributed by atoms with Crippen molar-refractivity contribution in [2.45, 2.75) is 25.9 Å². The van der Waals surface area contributed by atoms with E-state index >= 15 is 0 Å². The minimum Gasteiger partial charge on any atom is -0.387 e. The number of nitrogens with one attached hydrogen (secondary N) is 1. The van der Waals surface area contributed by atoms with Gasteiger partial charge in [0.1, 0.15) is 12.7 Å². The minimum atomic E-state index is -0.571. The lowest BCUT2D eigenvalue weighted by molar-refractivity contribution is -0.122. The molecule has 29 heavy (non-hydrogen) atoms. The van der Waals surface area contributed by atoms with Gasteiger partial charge in [-0.2, -0.15) is 9.78 Å². The monoisotopic (exact) mass is 410 g/mol. The molecule has 9 nitrogen and oxygen atoms in total. The summed E-state index contributed by atoms with van der Waals surface area (Å²) in [4.78, 5) is 28.9. The minimum absolute atomic E-state index is 0.123. The first kappa shape index (κ1) is 18.8. The van der Waals surface area contributed by atoms with Gasteiger partial charge in [-0.15, -0.1) is 16.4 Å². The molecule has 4 aromatic rings. The number of amides is 1. The van der Waals surface area contributed by atoms with Gasteiger partial charge in [0.25, 0.3) is 5.89 Å². The van der Waals surface area contributed by atoms with Crippen molar-refractivity contribution in [2.75, 3.05) is 0 Å². The van der Waals surface area contributed by atoms with Crippen LogP contribution < -0.4 is 11.1 Å². The first-order valence-corrected chi connectivity index (χ1v) is 9.84. The van der Waals surface area contributed by atoms with Gasteiger partial charge >= 0.3 is 5.76 Å². The predicted octanol–water partition coefficient (Wildman–Crippen LogP) is 2.41. The summed E-state index contributed by atoms with van der Waals surface area (Å²) in [5, 5.41) is 13.0. The highest BCUT2D eigenvalue weighted by molar-refractivity contribution is 7.13. The van der Waals surface area contributed by atoms with Gasteiger partial charge in [-0.3, -0.25) is 4.79 Å². The van der Waals surface area contributed by atoms with Crippen LogP contribution in [0.15, 0.2) is 63.6 Å². The number of rotatable bonds is 7. The second-order valence-corrected chi connectivity index (χ2v) is 7.29. The van der Waals surface area contributed by atoms with E-state index in [2.05, 4.69) is 20.5 Å². The second-order valence-electron chi connectivity index (χ2n) is 6.34. The van der Waals surface area contributed by atoms with E-state index in [1.54, 1.807) is 11.0 Å². The van der Waals surface area contributed by atoms with Crippen LogP contribution in [-0.2, 0) is 11.3 Å². The van der Waals surface area contributed by atoms with E-state index in [-0.39, 0.29) is 30.8 Å². The van der Waals surface area contributed by atoms with Gasteiger partial charge in [0.2, 0.25) is 5.91 Å². The SMILES string of the molecule is C[C@@H](NC(=O)CCn1nc(-c2cccs2)oc1=O)c1ccc(-n2cncn2)cc1. The summed E-state index contributed by atoms with van der Waals surface area (Å²) < 4.78 is 7.98. The Balaban J connectivity index is 1.33. The molecule has 0 saturated heterocycles. The van der Waals surface area contributed by atoms with E-state index < -0.39 is 5.76 Å². The summed E-state index contributed by atoms with van der Waals surface area (Å²) in [5.41, 5.74) is 1.84. The molecule has 0 aliphatic rings. The molecular weight excluding hydrogens is 392 g/mol. The number of hydrogen-bond donors (Lipinski definition) is 1. The van der Waals surface area contributed by atoms with Crippen LogP contribution in [-0.4, -0.2) is 30.5 Å². The maximum atomic E-state index is 12.3. The molecule has 0 unspecified atom stereocenters. The molecule has 1 N–H and O–H groups in total. The first-order valence-electron chi connectivity index (χ1n) is 8.96. The number of benzene rings is 1. The lowest BCUT2D eigenvalue weighted by atomic mass is 10.1. The quantitative estimate of drug-likeness (QED) is 0.501. The standard InChI is InChI=1S/C19H18N6O3S/c1-13(14-4-6-15(7-5-14)25-12-20-11-21-25)22-17(26)8-9-24-19(27)28-18(23-24)16-3-2-10-29-16/h2-7,10-13H,8-9H2,1H3,(H,22,26)/t13-/m1/s1. The van der Waals surface area contributed by atoms with E-state index in [0.717, 1.165) is 16.1 Å². The molecule has 0 saturated carbocycles. The van der Waals surface area contributed by atoms with Crippen molar-refractivity contribution in [2.24, 2.45) is 0 Å². The van der Waals surface area contributed by atoms with E-state index in [4.69, 9.17) is 4.42 Å². The van der Waals surface area contributed by atoms with Crippen molar-refractivity contribution in [3.05, 3.63) is 70.5 Å². The molecule has 4 rings (SSSR count). The lowest BCUT2D eigenvalue weighted by Gasteiger charge is -2.14. The largest absolute Gasteiger partial charge is 0.437 e. The number of thiophene rings is 1. The molecule has 0 aliphatic heterocycles. The zero-order valence-corrected chi connectivity index (χ0v) is 16.4. The fourth-order valence-corrected chi connectivity index (χ4v) is 3.45. The normalized spacial score (nSPS) is 12.0. The van der Waals surface area contributed by atoms with Gasteiger partial charge in [0, 0.05) is 6.42 Å². The third kappa shape index (κ3) is 4.32. The molecular formula is C19H18N6O3S. The van der Waals surface area contributed by atoms with Crippen LogP contribution >= 0.6 is 11.3 Å². The number of carbonyl (C=O) groups is 1. The summed E-state index contributed by atoms with van der Waals surface area (Å²) in [5.74, 6) is -0.477. The van der Waals surface area contributed by atoms with Gasteiger partial charge in [0.15, 0.2) is 0 Å². The predicted molar refractivity (Wildman–Crippen MR) is 107 cm³/mol. The van der Waals surface area contributed by atoms with Crippen LogP contribution in [0.2, 0.25) is 0 Å². The summed E-state index contributed by atoms with van der Waals surface area (Å²) in [7, 11) is 0. The molecule has 0 spiro atoms. The molecule has 3 aromatic heterocycles. The molecule has 10 heteroatoms. The molecule has 148 valence electrons. The van der Waals surface area contributed by atoms with Crippen molar-refractivity contribution in [3.63, 3.8) is 0 Å².